The third-order valence-corrected chi connectivity index (χ3v) is 2.48. The quantitative estimate of drug-likeness (QED) is 0.555. The van der Waals surface area contributed by atoms with Gasteiger partial charge in [-0.2, -0.15) is 0 Å². The van der Waals surface area contributed by atoms with Gasteiger partial charge in [-0.05, 0) is 12.3 Å². The van der Waals surface area contributed by atoms with E-state index in [4.69, 9.17) is 5.11 Å². The number of halogens is 1. The lowest BCUT2D eigenvalue weighted by molar-refractivity contribution is -0.161. The molecule has 0 aliphatic heterocycles. The van der Waals surface area contributed by atoms with Gasteiger partial charge in [0.05, 0.1) is 0 Å². The molecule has 1 nitrogen and oxygen atoms in total. The Hall–Kier alpha value is -0.110. The normalized spacial score (nSPS) is 49.2. The number of alkyl halides is 1. The lowest BCUT2D eigenvalue weighted by Crippen LogP contribution is -2.37. The van der Waals surface area contributed by atoms with Crippen molar-refractivity contribution >= 4 is 0 Å². The molecule has 3 unspecified atom stereocenters. The summed E-state index contributed by atoms with van der Waals surface area (Å²) in [7, 11) is 0. The minimum Gasteiger partial charge on any atom is -0.361 e. The molecule has 0 radical (unpaired) electrons. The third-order valence-electron chi connectivity index (χ3n) is 2.48. The van der Waals surface area contributed by atoms with E-state index in [0.717, 1.165) is 12.8 Å². The summed E-state index contributed by atoms with van der Waals surface area (Å²) in [4.78, 5) is 0. The number of rotatable bonds is 0. The monoisotopic (exact) mass is 146 g/mol. The van der Waals surface area contributed by atoms with E-state index in [0.29, 0.717) is 12.3 Å². The first-order chi connectivity index (χ1) is 4.52. The van der Waals surface area contributed by atoms with Crippen molar-refractivity contribution in [3.63, 3.8) is 0 Å². The van der Waals surface area contributed by atoms with E-state index >= 15 is 0 Å². The molecule has 0 spiro atoms. The largest absolute Gasteiger partial charge is 0.361 e. The van der Waals surface area contributed by atoms with Crippen molar-refractivity contribution in [1.29, 1.82) is 0 Å². The standard InChI is InChI=1S/C8H15FO/c1-6-3-4-7(2)8(9,10)5-6/h6-7,10H,3-5H2,1-2H3. The Bertz CT molecular complexity index is 122. The minimum atomic E-state index is -1.89. The van der Waals surface area contributed by atoms with Gasteiger partial charge in [-0.1, -0.05) is 20.3 Å². The molecule has 0 amide bonds. The molecule has 0 saturated heterocycles. The molecule has 1 saturated carbocycles. The molecule has 1 N–H and O–H groups in total. The molecule has 0 aromatic carbocycles. The fraction of sp³-hybridized carbons (Fsp3) is 1.00. The lowest BCUT2D eigenvalue weighted by Gasteiger charge is -2.34. The Morgan fingerprint density at radius 1 is 1.40 bits per heavy atom. The molecule has 1 aliphatic carbocycles. The summed E-state index contributed by atoms with van der Waals surface area (Å²) in [5.41, 5.74) is 0. The molecule has 1 rings (SSSR count). The molecule has 0 heterocycles. The van der Waals surface area contributed by atoms with Crippen LogP contribution in [0.2, 0.25) is 0 Å². The highest BCUT2D eigenvalue weighted by Crippen LogP contribution is 2.37. The third kappa shape index (κ3) is 1.48. The lowest BCUT2D eigenvalue weighted by atomic mass is 9.80. The Morgan fingerprint density at radius 3 is 2.40 bits per heavy atom. The predicted octanol–water partition coefficient (Wildman–Crippen LogP) is 2.10. The van der Waals surface area contributed by atoms with Crippen molar-refractivity contribution in [2.24, 2.45) is 11.8 Å². The van der Waals surface area contributed by atoms with Crippen molar-refractivity contribution in [2.75, 3.05) is 0 Å². The van der Waals surface area contributed by atoms with Crippen LogP contribution in [-0.4, -0.2) is 11.0 Å². The number of aliphatic hydroxyl groups is 1. The summed E-state index contributed by atoms with van der Waals surface area (Å²) in [5, 5.41) is 9.15. The Morgan fingerprint density at radius 2 is 2.00 bits per heavy atom. The molecule has 0 aromatic heterocycles. The predicted molar refractivity (Wildman–Crippen MR) is 38.2 cm³/mol. The van der Waals surface area contributed by atoms with Crippen molar-refractivity contribution in [3.8, 4) is 0 Å². The van der Waals surface area contributed by atoms with E-state index in [1.165, 1.54) is 0 Å². The Kier molecular flexibility index (Phi) is 1.99. The Labute approximate surface area is 61.2 Å². The first-order valence-corrected chi connectivity index (χ1v) is 3.93. The van der Waals surface area contributed by atoms with Crippen LogP contribution >= 0.6 is 0 Å². The van der Waals surface area contributed by atoms with E-state index in [9.17, 15) is 4.39 Å². The molecule has 0 bridgehead atoms. The van der Waals surface area contributed by atoms with Crippen LogP contribution in [-0.2, 0) is 0 Å². The maximum absolute atomic E-state index is 13.1. The van der Waals surface area contributed by atoms with E-state index in [1.807, 2.05) is 6.92 Å². The zero-order valence-corrected chi connectivity index (χ0v) is 6.60. The van der Waals surface area contributed by atoms with E-state index in [1.54, 1.807) is 6.92 Å². The molecular weight excluding hydrogens is 131 g/mol. The van der Waals surface area contributed by atoms with Crippen LogP contribution in [0.4, 0.5) is 4.39 Å². The highest BCUT2D eigenvalue weighted by atomic mass is 19.2. The molecule has 1 fully saturated rings. The van der Waals surface area contributed by atoms with Crippen LogP contribution in [0.5, 0.6) is 0 Å². The summed E-state index contributed by atoms with van der Waals surface area (Å²) in [6.07, 6.45) is 2.18. The highest BCUT2D eigenvalue weighted by Gasteiger charge is 2.38. The van der Waals surface area contributed by atoms with Gasteiger partial charge in [0.25, 0.3) is 0 Å². The summed E-state index contributed by atoms with van der Waals surface area (Å²) >= 11 is 0. The Balaban J connectivity index is 2.55. The minimum absolute atomic E-state index is 0.177. The summed E-state index contributed by atoms with van der Waals surface area (Å²) in [5.74, 6) is -1.73. The van der Waals surface area contributed by atoms with Gasteiger partial charge >= 0.3 is 0 Å². The van der Waals surface area contributed by atoms with E-state index < -0.39 is 5.85 Å². The van der Waals surface area contributed by atoms with Crippen LogP contribution in [0.25, 0.3) is 0 Å². The van der Waals surface area contributed by atoms with Crippen LogP contribution < -0.4 is 0 Å². The zero-order chi connectivity index (χ0) is 7.78. The molecule has 1 aliphatic rings. The molecule has 3 atom stereocenters. The second kappa shape index (κ2) is 2.50. The first-order valence-electron chi connectivity index (χ1n) is 3.93. The summed E-state index contributed by atoms with van der Waals surface area (Å²) < 4.78 is 13.1. The van der Waals surface area contributed by atoms with Crippen molar-refractivity contribution in [3.05, 3.63) is 0 Å². The van der Waals surface area contributed by atoms with E-state index in [-0.39, 0.29) is 5.92 Å². The second-order valence-electron chi connectivity index (χ2n) is 3.61. The molecule has 10 heavy (non-hydrogen) atoms. The average Bonchev–Trinajstić information content (AvgIpc) is 1.78. The van der Waals surface area contributed by atoms with Gasteiger partial charge in [-0.15, -0.1) is 0 Å². The van der Waals surface area contributed by atoms with Gasteiger partial charge < -0.3 is 5.11 Å². The maximum Gasteiger partial charge on any atom is 0.209 e. The smallest absolute Gasteiger partial charge is 0.209 e. The van der Waals surface area contributed by atoms with Crippen LogP contribution in [0.3, 0.4) is 0 Å². The average molecular weight is 146 g/mol. The number of hydrogen-bond donors (Lipinski definition) is 1. The molecule has 2 heteroatoms. The van der Waals surface area contributed by atoms with Gasteiger partial charge in [0.2, 0.25) is 5.85 Å². The fourth-order valence-corrected chi connectivity index (χ4v) is 1.55. The highest BCUT2D eigenvalue weighted by molar-refractivity contribution is 4.81. The van der Waals surface area contributed by atoms with Crippen molar-refractivity contribution in [1.82, 2.24) is 0 Å². The summed E-state index contributed by atoms with van der Waals surface area (Å²) in [6.45, 7) is 3.75. The van der Waals surface area contributed by atoms with Crippen LogP contribution in [0.1, 0.15) is 33.1 Å². The topological polar surface area (TPSA) is 20.2 Å². The van der Waals surface area contributed by atoms with Crippen molar-refractivity contribution < 1.29 is 9.50 Å². The van der Waals surface area contributed by atoms with Gasteiger partial charge in [0, 0.05) is 12.3 Å². The maximum atomic E-state index is 13.1. The van der Waals surface area contributed by atoms with Gasteiger partial charge in [0.15, 0.2) is 0 Å². The molecule has 0 aromatic rings. The number of hydrogen-bond acceptors (Lipinski definition) is 1. The van der Waals surface area contributed by atoms with Gasteiger partial charge in [0.1, 0.15) is 0 Å². The van der Waals surface area contributed by atoms with Crippen LogP contribution in [0.15, 0.2) is 0 Å². The molecular formula is C8H15FO. The fourth-order valence-electron chi connectivity index (χ4n) is 1.55. The van der Waals surface area contributed by atoms with Gasteiger partial charge in [-0.3, -0.25) is 0 Å². The van der Waals surface area contributed by atoms with E-state index in [2.05, 4.69) is 0 Å². The second-order valence-corrected chi connectivity index (χ2v) is 3.61. The first kappa shape index (κ1) is 7.99. The summed E-state index contributed by atoms with van der Waals surface area (Å²) in [6, 6.07) is 0. The van der Waals surface area contributed by atoms with Crippen molar-refractivity contribution in [2.45, 2.75) is 39.0 Å². The SMILES string of the molecule is CC1CCC(C)C(O)(F)C1. The zero-order valence-electron chi connectivity index (χ0n) is 6.60. The van der Waals surface area contributed by atoms with Gasteiger partial charge in [-0.25, -0.2) is 4.39 Å². The van der Waals surface area contributed by atoms with Crippen LogP contribution in [0, 0.1) is 11.8 Å². The molecule has 60 valence electrons.